The Labute approximate surface area is 166 Å². The maximum Gasteiger partial charge on any atom is 0.163 e. The second-order valence-corrected chi connectivity index (χ2v) is 7.10. The number of nitrogen functional groups attached to an aromatic ring is 1. The standard InChI is InChI=1S/C22H26N6/c23-20-21(27-14-8-1-2-9-15-27)25-17-26-22(20)28(19-12-6-7-13-24-19)16-18-10-4-3-5-11-18/h3-7,10-13,17H,1-2,8-9,14-16,23H2. The van der Waals surface area contributed by atoms with E-state index in [0.717, 1.165) is 24.7 Å². The summed E-state index contributed by atoms with van der Waals surface area (Å²) in [7, 11) is 0. The van der Waals surface area contributed by atoms with E-state index in [1.54, 1.807) is 12.5 Å². The predicted molar refractivity (Wildman–Crippen MR) is 114 cm³/mol. The summed E-state index contributed by atoms with van der Waals surface area (Å²) in [5.74, 6) is 2.36. The van der Waals surface area contributed by atoms with Crippen LogP contribution in [0.2, 0.25) is 0 Å². The van der Waals surface area contributed by atoms with Crippen molar-refractivity contribution in [2.45, 2.75) is 32.2 Å². The summed E-state index contributed by atoms with van der Waals surface area (Å²) in [6.07, 6.45) is 8.29. The molecule has 0 bridgehead atoms. The van der Waals surface area contributed by atoms with Gasteiger partial charge in [0.1, 0.15) is 17.8 Å². The molecular weight excluding hydrogens is 348 g/mol. The van der Waals surface area contributed by atoms with E-state index in [9.17, 15) is 0 Å². The highest BCUT2D eigenvalue weighted by atomic mass is 15.3. The largest absolute Gasteiger partial charge is 0.393 e. The number of nitrogens with two attached hydrogens (primary N) is 1. The van der Waals surface area contributed by atoms with Gasteiger partial charge in [0.2, 0.25) is 0 Å². The van der Waals surface area contributed by atoms with E-state index in [4.69, 9.17) is 5.73 Å². The number of anilines is 4. The summed E-state index contributed by atoms with van der Waals surface area (Å²) in [5, 5.41) is 0. The molecule has 4 rings (SSSR count). The van der Waals surface area contributed by atoms with Crippen LogP contribution in [0.3, 0.4) is 0 Å². The zero-order chi connectivity index (χ0) is 19.2. The molecule has 1 saturated heterocycles. The van der Waals surface area contributed by atoms with Crippen LogP contribution in [0.4, 0.5) is 23.1 Å². The van der Waals surface area contributed by atoms with Gasteiger partial charge < -0.3 is 15.5 Å². The van der Waals surface area contributed by atoms with Gasteiger partial charge >= 0.3 is 0 Å². The molecule has 2 N–H and O–H groups in total. The molecule has 0 amide bonds. The lowest BCUT2D eigenvalue weighted by atomic mass is 10.2. The lowest BCUT2D eigenvalue weighted by Crippen LogP contribution is -2.28. The predicted octanol–water partition coefficient (Wildman–Crippen LogP) is 4.17. The van der Waals surface area contributed by atoms with Gasteiger partial charge in [-0.15, -0.1) is 0 Å². The smallest absolute Gasteiger partial charge is 0.163 e. The minimum Gasteiger partial charge on any atom is -0.393 e. The summed E-state index contributed by atoms with van der Waals surface area (Å²) in [6, 6.07) is 16.2. The van der Waals surface area contributed by atoms with E-state index in [2.05, 4.69) is 36.9 Å². The van der Waals surface area contributed by atoms with Crippen molar-refractivity contribution in [1.29, 1.82) is 0 Å². The molecule has 3 aromatic rings. The van der Waals surface area contributed by atoms with Crippen LogP contribution in [-0.4, -0.2) is 28.0 Å². The van der Waals surface area contributed by atoms with Gasteiger partial charge in [-0.25, -0.2) is 15.0 Å². The molecule has 0 spiro atoms. The molecule has 144 valence electrons. The second kappa shape index (κ2) is 8.69. The van der Waals surface area contributed by atoms with Crippen molar-refractivity contribution in [1.82, 2.24) is 15.0 Å². The van der Waals surface area contributed by atoms with Crippen molar-refractivity contribution in [3.05, 3.63) is 66.6 Å². The molecule has 6 nitrogen and oxygen atoms in total. The molecule has 0 saturated carbocycles. The van der Waals surface area contributed by atoms with Gasteiger partial charge in [-0.3, -0.25) is 0 Å². The Balaban J connectivity index is 1.72. The number of benzene rings is 1. The molecule has 3 heterocycles. The van der Waals surface area contributed by atoms with Gasteiger partial charge in [0.05, 0.1) is 6.54 Å². The summed E-state index contributed by atoms with van der Waals surface area (Å²) < 4.78 is 0. The van der Waals surface area contributed by atoms with Gasteiger partial charge in [-0.1, -0.05) is 49.2 Å². The maximum atomic E-state index is 6.62. The Bertz CT molecular complexity index is 876. The summed E-state index contributed by atoms with van der Waals surface area (Å²) in [4.78, 5) is 18.0. The molecule has 28 heavy (non-hydrogen) atoms. The van der Waals surface area contributed by atoms with Crippen molar-refractivity contribution in [2.24, 2.45) is 0 Å². The first-order chi connectivity index (χ1) is 13.8. The third-order valence-corrected chi connectivity index (χ3v) is 5.11. The Hall–Kier alpha value is -3.15. The van der Waals surface area contributed by atoms with Gasteiger partial charge in [0, 0.05) is 19.3 Å². The molecule has 0 atom stereocenters. The Morgan fingerprint density at radius 2 is 1.61 bits per heavy atom. The minimum absolute atomic E-state index is 0.617. The van der Waals surface area contributed by atoms with Crippen molar-refractivity contribution in [3.8, 4) is 0 Å². The lowest BCUT2D eigenvalue weighted by Gasteiger charge is -2.28. The van der Waals surface area contributed by atoms with E-state index in [1.165, 1.54) is 31.2 Å². The number of hydrogen-bond donors (Lipinski definition) is 1. The first-order valence-corrected chi connectivity index (χ1v) is 9.91. The fourth-order valence-corrected chi connectivity index (χ4v) is 3.67. The Kier molecular flexibility index (Phi) is 5.66. The zero-order valence-electron chi connectivity index (χ0n) is 16.0. The van der Waals surface area contributed by atoms with Crippen LogP contribution in [-0.2, 0) is 6.54 Å². The highest BCUT2D eigenvalue weighted by molar-refractivity contribution is 5.79. The van der Waals surface area contributed by atoms with E-state index in [1.807, 2.05) is 36.4 Å². The molecule has 1 aliphatic heterocycles. The van der Waals surface area contributed by atoms with Gasteiger partial charge in [0.15, 0.2) is 11.6 Å². The van der Waals surface area contributed by atoms with Crippen LogP contribution in [0.15, 0.2) is 61.1 Å². The van der Waals surface area contributed by atoms with Crippen LogP contribution >= 0.6 is 0 Å². The Morgan fingerprint density at radius 1 is 0.857 bits per heavy atom. The molecule has 0 unspecified atom stereocenters. The van der Waals surface area contributed by atoms with Gasteiger partial charge in [-0.05, 0) is 30.5 Å². The van der Waals surface area contributed by atoms with Crippen molar-refractivity contribution in [3.63, 3.8) is 0 Å². The van der Waals surface area contributed by atoms with Crippen LogP contribution in [0.1, 0.15) is 31.2 Å². The van der Waals surface area contributed by atoms with E-state index < -0.39 is 0 Å². The fraction of sp³-hybridized carbons (Fsp3) is 0.318. The number of nitrogens with zero attached hydrogens (tertiary/aromatic N) is 5. The van der Waals surface area contributed by atoms with Crippen molar-refractivity contribution >= 4 is 23.1 Å². The zero-order valence-corrected chi connectivity index (χ0v) is 16.0. The van der Waals surface area contributed by atoms with E-state index in [-0.39, 0.29) is 0 Å². The second-order valence-electron chi connectivity index (χ2n) is 7.10. The lowest BCUT2D eigenvalue weighted by molar-refractivity contribution is 0.726. The van der Waals surface area contributed by atoms with E-state index in [0.29, 0.717) is 18.1 Å². The van der Waals surface area contributed by atoms with Crippen LogP contribution in [0, 0.1) is 0 Å². The van der Waals surface area contributed by atoms with Crippen LogP contribution in [0.25, 0.3) is 0 Å². The number of hydrogen-bond acceptors (Lipinski definition) is 6. The molecule has 2 aromatic heterocycles. The number of pyridine rings is 1. The monoisotopic (exact) mass is 374 g/mol. The van der Waals surface area contributed by atoms with Crippen molar-refractivity contribution < 1.29 is 0 Å². The molecule has 0 radical (unpaired) electrons. The number of aromatic nitrogens is 3. The summed E-state index contributed by atoms with van der Waals surface area (Å²) in [5.41, 5.74) is 8.41. The molecule has 1 aliphatic rings. The number of rotatable bonds is 5. The molecule has 1 aromatic carbocycles. The normalized spacial score (nSPS) is 14.5. The van der Waals surface area contributed by atoms with Crippen LogP contribution < -0.4 is 15.5 Å². The molecule has 1 fully saturated rings. The average molecular weight is 374 g/mol. The first-order valence-electron chi connectivity index (χ1n) is 9.91. The highest BCUT2D eigenvalue weighted by Crippen LogP contribution is 2.34. The molecule has 0 aliphatic carbocycles. The van der Waals surface area contributed by atoms with Gasteiger partial charge in [0.25, 0.3) is 0 Å². The average Bonchev–Trinajstić information content (AvgIpc) is 3.03. The minimum atomic E-state index is 0.617. The highest BCUT2D eigenvalue weighted by Gasteiger charge is 2.21. The molecule has 6 heteroatoms. The maximum absolute atomic E-state index is 6.62. The van der Waals surface area contributed by atoms with E-state index >= 15 is 0 Å². The van der Waals surface area contributed by atoms with Crippen LogP contribution in [0.5, 0.6) is 0 Å². The topological polar surface area (TPSA) is 71.2 Å². The fourth-order valence-electron chi connectivity index (χ4n) is 3.67. The van der Waals surface area contributed by atoms with Crippen molar-refractivity contribution in [2.75, 3.05) is 28.6 Å². The third kappa shape index (κ3) is 4.06. The van der Waals surface area contributed by atoms with Gasteiger partial charge in [-0.2, -0.15) is 0 Å². The molecular formula is C22H26N6. The summed E-state index contributed by atoms with van der Waals surface area (Å²) in [6.45, 7) is 2.62. The first kappa shape index (κ1) is 18.2. The summed E-state index contributed by atoms with van der Waals surface area (Å²) >= 11 is 0. The Morgan fingerprint density at radius 3 is 2.32 bits per heavy atom. The SMILES string of the molecule is Nc1c(N2CCCCCC2)ncnc1N(Cc1ccccc1)c1ccccn1. The quantitative estimate of drug-likeness (QED) is 0.723. The third-order valence-electron chi connectivity index (χ3n) is 5.11.